The van der Waals surface area contributed by atoms with Crippen LogP contribution in [0.1, 0.15) is 13.8 Å². The van der Waals surface area contributed by atoms with Crippen molar-refractivity contribution in [2.75, 3.05) is 6.54 Å². The van der Waals surface area contributed by atoms with Crippen molar-refractivity contribution in [2.24, 2.45) is 5.92 Å². The van der Waals surface area contributed by atoms with E-state index in [9.17, 15) is 24.5 Å². The zero-order chi connectivity index (χ0) is 21.1. The lowest BCUT2D eigenvalue weighted by Crippen LogP contribution is -2.42. The second-order valence-corrected chi connectivity index (χ2v) is 7.00. The predicted octanol–water partition coefficient (Wildman–Crippen LogP) is 1.83. The molecule has 1 N–H and O–H groups in total. The lowest BCUT2D eigenvalue weighted by molar-refractivity contribution is -0.384. The molecule has 0 atom stereocenters. The Morgan fingerprint density at radius 2 is 1.76 bits per heavy atom. The van der Waals surface area contributed by atoms with E-state index in [-0.39, 0.29) is 35.1 Å². The Balaban J connectivity index is 2.16. The van der Waals surface area contributed by atoms with Crippen LogP contribution in [-0.2, 0) is 11.3 Å². The number of amides is 1. The summed E-state index contributed by atoms with van der Waals surface area (Å²) in [6, 6.07) is 11.6. The van der Waals surface area contributed by atoms with E-state index in [2.05, 4.69) is 5.32 Å². The van der Waals surface area contributed by atoms with E-state index in [1.54, 1.807) is 24.3 Å². The van der Waals surface area contributed by atoms with Crippen LogP contribution in [0.15, 0.2) is 58.1 Å². The standard InChI is InChI=1S/C20H20N4O5/c1-13(2)11-21-18(25)12-22-17-6-4-3-5-16(17)19(26)23(20(22)27)14-7-9-15(10-8-14)24(28)29/h3-10,13H,11-12H2,1-2H3,(H,21,25). The molecule has 0 aliphatic heterocycles. The SMILES string of the molecule is CC(C)CNC(=O)Cn1c(=O)n(-c2ccc([N+](=O)[O-])cc2)c(=O)c2ccccc21. The Kier molecular flexibility index (Phi) is 5.58. The van der Waals surface area contributed by atoms with Crippen molar-refractivity contribution in [3.8, 4) is 5.69 Å². The van der Waals surface area contributed by atoms with Crippen LogP contribution in [0.4, 0.5) is 5.69 Å². The monoisotopic (exact) mass is 396 g/mol. The molecule has 0 saturated carbocycles. The van der Waals surface area contributed by atoms with Crippen molar-refractivity contribution in [3.05, 3.63) is 79.5 Å². The number of fused-ring (bicyclic) bond motifs is 1. The van der Waals surface area contributed by atoms with Crippen LogP contribution in [-0.4, -0.2) is 26.5 Å². The first-order valence-electron chi connectivity index (χ1n) is 9.05. The number of hydrogen-bond acceptors (Lipinski definition) is 5. The van der Waals surface area contributed by atoms with E-state index >= 15 is 0 Å². The van der Waals surface area contributed by atoms with Gasteiger partial charge in [-0.15, -0.1) is 0 Å². The molecule has 1 heterocycles. The fourth-order valence-electron chi connectivity index (χ4n) is 2.94. The van der Waals surface area contributed by atoms with Crippen LogP contribution in [0.3, 0.4) is 0 Å². The fraction of sp³-hybridized carbons (Fsp3) is 0.250. The average Bonchev–Trinajstić information content (AvgIpc) is 2.70. The van der Waals surface area contributed by atoms with Crippen molar-refractivity contribution in [3.63, 3.8) is 0 Å². The molecule has 1 amide bonds. The highest BCUT2D eigenvalue weighted by Crippen LogP contribution is 2.14. The molecule has 29 heavy (non-hydrogen) atoms. The third kappa shape index (κ3) is 4.08. The van der Waals surface area contributed by atoms with Crippen LogP contribution in [0.25, 0.3) is 16.6 Å². The van der Waals surface area contributed by atoms with E-state index < -0.39 is 16.2 Å². The number of non-ortho nitro benzene ring substituents is 1. The van der Waals surface area contributed by atoms with Crippen molar-refractivity contribution in [2.45, 2.75) is 20.4 Å². The zero-order valence-corrected chi connectivity index (χ0v) is 16.0. The average molecular weight is 396 g/mol. The summed E-state index contributed by atoms with van der Waals surface area (Å²) in [7, 11) is 0. The highest BCUT2D eigenvalue weighted by Gasteiger charge is 2.17. The Labute approximate surface area is 165 Å². The number of carbonyl (C=O) groups is 1. The smallest absolute Gasteiger partial charge is 0.336 e. The molecule has 3 aromatic rings. The number of carbonyl (C=O) groups excluding carboxylic acids is 1. The maximum Gasteiger partial charge on any atom is 0.336 e. The van der Waals surface area contributed by atoms with Gasteiger partial charge in [0.15, 0.2) is 0 Å². The van der Waals surface area contributed by atoms with Crippen LogP contribution >= 0.6 is 0 Å². The molecule has 0 fully saturated rings. The highest BCUT2D eigenvalue weighted by atomic mass is 16.6. The molecule has 0 saturated heterocycles. The number of nitro groups is 1. The maximum atomic E-state index is 13.1. The van der Waals surface area contributed by atoms with Crippen LogP contribution < -0.4 is 16.6 Å². The molecule has 0 unspecified atom stereocenters. The normalized spacial score (nSPS) is 11.0. The van der Waals surface area contributed by atoms with Crippen LogP contribution in [0.2, 0.25) is 0 Å². The minimum absolute atomic E-state index is 0.157. The van der Waals surface area contributed by atoms with Gasteiger partial charge in [0.2, 0.25) is 5.91 Å². The summed E-state index contributed by atoms with van der Waals surface area (Å²) in [4.78, 5) is 48.7. The third-order valence-corrected chi connectivity index (χ3v) is 4.38. The largest absolute Gasteiger partial charge is 0.354 e. The zero-order valence-electron chi connectivity index (χ0n) is 16.0. The molecule has 0 spiro atoms. The molecule has 9 nitrogen and oxygen atoms in total. The number of hydrogen-bond donors (Lipinski definition) is 1. The first-order chi connectivity index (χ1) is 13.8. The first kappa shape index (κ1) is 20.0. The van der Waals surface area contributed by atoms with Crippen molar-refractivity contribution in [1.29, 1.82) is 0 Å². The van der Waals surface area contributed by atoms with Gasteiger partial charge in [-0.25, -0.2) is 9.36 Å². The summed E-state index contributed by atoms with van der Waals surface area (Å²) in [5, 5.41) is 13.9. The Hall–Kier alpha value is -3.75. The van der Waals surface area contributed by atoms with E-state index in [1.807, 2.05) is 13.8 Å². The van der Waals surface area contributed by atoms with Gasteiger partial charge in [0.25, 0.3) is 11.2 Å². The topological polar surface area (TPSA) is 116 Å². The number of benzene rings is 2. The first-order valence-corrected chi connectivity index (χ1v) is 9.05. The van der Waals surface area contributed by atoms with Crippen molar-refractivity contribution in [1.82, 2.24) is 14.5 Å². The fourth-order valence-corrected chi connectivity index (χ4v) is 2.94. The molecule has 150 valence electrons. The van der Waals surface area contributed by atoms with Crippen LogP contribution in [0, 0.1) is 16.0 Å². The van der Waals surface area contributed by atoms with E-state index in [1.165, 1.54) is 28.8 Å². The lowest BCUT2D eigenvalue weighted by atomic mass is 10.2. The molecule has 2 aromatic carbocycles. The van der Waals surface area contributed by atoms with E-state index in [0.717, 1.165) is 4.57 Å². The van der Waals surface area contributed by atoms with Crippen LogP contribution in [0.5, 0.6) is 0 Å². The molecule has 0 aliphatic rings. The molecule has 3 rings (SSSR count). The second kappa shape index (κ2) is 8.09. The summed E-state index contributed by atoms with van der Waals surface area (Å²) in [6.45, 7) is 4.13. The molecule has 0 bridgehead atoms. The van der Waals surface area contributed by atoms with Gasteiger partial charge in [-0.1, -0.05) is 26.0 Å². The van der Waals surface area contributed by atoms with E-state index in [4.69, 9.17) is 0 Å². The third-order valence-electron chi connectivity index (χ3n) is 4.38. The lowest BCUT2D eigenvalue weighted by Gasteiger charge is -2.14. The number of nitrogens with zero attached hydrogens (tertiary/aromatic N) is 3. The van der Waals surface area contributed by atoms with Gasteiger partial charge in [0, 0.05) is 18.7 Å². The highest BCUT2D eigenvalue weighted by molar-refractivity contribution is 5.81. The van der Waals surface area contributed by atoms with Gasteiger partial charge >= 0.3 is 5.69 Å². The number of rotatable bonds is 6. The number of aromatic nitrogens is 2. The van der Waals surface area contributed by atoms with Gasteiger partial charge < -0.3 is 5.32 Å². The molecular weight excluding hydrogens is 376 g/mol. The summed E-state index contributed by atoms with van der Waals surface area (Å²) in [5.41, 5.74) is -0.871. The number of nitrogens with one attached hydrogen (secondary N) is 1. The van der Waals surface area contributed by atoms with Crippen molar-refractivity contribution < 1.29 is 9.72 Å². The molecule has 9 heteroatoms. The van der Waals surface area contributed by atoms with Gasteiger partial charge in [-0.2, -0.15) is 0 Å². The number of nitro benzene ring substituents is 1. The van der Waals surface area contributed by atoms with Gasteiger partial charge in [0.05, 0.1) is 21.5 Å². The summed E-state index contributed by atoms with van der Waals surface area (Å²) in [5.74, 6) is -0.0960. The summed E-state index contributed by atoms with van der Waals surface area (Å²) in [6.07, 6.45) is 0. The van der Waals surface area contributed by atoms with E-state index in [0.29, 0.717) is 12.1 Å². The minimum Gasteiger partial charge on any atom is -0.354 e. The predicted molar refractivity (Wildman–Crippen MR) is 108 cm³/mol. The molecule has 0 aliphatic carbocycles. The number of para-hydroxylation sites is 1. The second-order valence-electron chi connectivity index (χ2n) is 7.00. The maximum absolute atomic E-state index is 13.1. The Bertz CT molecular complexity index is 1190. The van der Waals surface area contributed by atoms with Gasteiger partial charge in [-0.05, 0) is 30.2 Å². The van der Waals surface area contributed by atoms with Crippen molar-refractivity contribution >= 4 is 22.5 Å². The van der Waals surface area contributed by atoms with Gasteiger partial charge in [-0.3, -0.25) is 24.3 Å². The summed E-state index contributed by atoms with van der Waals surface area (Å²) < 4.78 is 2.15. The van der Waals surface area contributed by atoms with Gasteiger partial charge in [0.1, 0.15) is 6.54 Å². The molecular formula is C20H20N4O5. The minimum atomic E-state index is -0.692. The Morgan fingerprint density at radius 1 is 1.10 bits per heavy atom. The molecule has 1 aromatic heterocycles. The quantitative estimate of drug-likeness (QED) is 0.504. The molecule has 0 radical (unpaired) electrons. The summed E-state index contributed by atoms with van der Waals surface area (Å²) >= 11 is 0. The Morgan fingerprint density at radius 3 is 2.38 bits per heavy atom.